The van der Waals surface area contributed by atoms with Crippen LogP contribution in [0.25, 0.3) is 0 Å². The number of carboxylic acid groups (broad SMARTS) is 1. The van der Waals surface area contributed by atoms with Crippen molar-refractivity contribution >= 4 is 11.8 Å². The number of aliphatic hydroxyl groups is 1. The number of aromatic nitrogens is 2. The van der Waals surface area contributed by atoms with E-state index in [-0.39, 0.29) is 18.2 Å². The van der Waals surface area contributed by atoms with E-state index in [1.54, 1.807) is 0 Å². The number of aromatic carboxylic acids is 1. The highest BCUT2D eigenvalue weighted by Crippen LogP contribution is 2.21. The summed E-state index contributed by atoms with van der Waals surface area (Å²) in [6.07, 6.45) is 2.16. The van der Waals surface area contributed by atoms with E-state index in [0.29, 0.717) is 12.4 Å². The lowest BCUT2D eigenvalue weighted by atomic mass is 10.1. The summed E-state index contributed by atoms with van der Waals surface area (Å²) in [4.78, 5) is 20.4. The van der Waals surface area contributed by atoms with Crippen molar-refractivity contribution in [2.75, 3.05) is 24.6 Å². The molecule has 0 aliphatic carbocycles. The highest BCUT2D eigenvalue weighted by atomic mass is 16.4. The van der Waals surface area contributed by atoms with E-state index in [1.165, 1.54) is 12.4 Å². The first kappa shape index (κ1) is 10.8. The van der Waals surface area contributed by atoms with Crippen molar-refractivity contribution < 1.29 is 15.0 Å². The van der Waals surface area contributed by atoms with Crippen LogP contribution in [0.1, 0.15) is 16.9 Å². The number of hydrogen-bond donors (Lipinski definition) is 2. The molecule has 16 heavy (non-hydrogen) atoms. The molecule has 1 aliphatic heterocycles. The van der Waals surface area contributed by atoms with E-state index in [4.69, 9.17) is 10.2 Å². The summed E-state index contributed by atoms with van der Waals surface area (Å²) in [5.41, 5.74) is -0.00236. The predicted molar refractivity (Wildman–Crippen MR) is 56.4 cm³/mol. The number of aliphatic hydroxyl groups excluding tert-OH is 1. The van der Waals surface area contributed by atoms with Crippen molar-refractivity contribution in [2.24, 2.45) is 5.92 Å². The third-order valence-electron chi connectivity index (χ3n) is 2.74. The molecule has 0 radical (unpaired) electrons. The van der Waals surface area contributed by atoms with Gasteiger partial charge in [0.2, 0.25) is 0 Å². The van der Waals surface area contributed by atoms with E-state index in [1.807, 2.05) is 4.90 Å². The van der Waals surface area contributed by atoms with Crippen LogP contribution in [-0.4, -0.2) is 45.8 Å². The van der Waals surface area contributed by atoms with Gasteiger partial charge in [0, 0.05) is 31.7 Å². The fraction of sp³-hybridized carbons (Fsp3) is 0.500. The van der Waals surface area contributed by atoms with Crippen LogP contribution in [0, 0.1) is 5.92 Å². The van der Waals surface area contributed by atoms with Crippen LogP contribution >= 0.6 is 0 Å². The third-order valence-corrected chi connectivity index (χ3v) is 2.74. The van der Waals surface area contributed by atoms with Gasteiger partial charge in [0.15, 0.2) is 5.69 Å². The maximum absolute atomic E-state index is 10.7. The highest BCUT2D eigenvalue weighted by Gasteiger charge is 2.23. The minimum Gasteiger partial charge on any atom is -0.477 e. The quantitative estimate of drug-likeness (QED) is 0.749. The zero-order chi connectivity index (χ0) is 11.5. The van der Waals surface area contributed by atoms with Gasteiger partial charge in [0.1, 0.15) is 12.1 Å². The first-order valence-electron chi connectivity index (χ1n) is 5.12. The minimum absolute atomic E-state index is 0.00236. The topological polar surface area (TPSA) is 86.5 Å². The van der Waals surface area contributed by atoms with Crippen LogP contribution < -0.4 is 4.90 Å². The second-order valence-corrected chi connectivity index (χ2v) is 3.85. The molecule has 0 bridgehead atoms. The van der Waals surface area contributed by atoms with E-state index < -0.39 is 5.97 Å². The molecule has 1 saturated heterocycles. The fourth-order valence-corrected chi connectivity index (χ4v) is 1.83. The van der Waals surface area contributed by atoms with Gasteiger partial charge in [-0.2, -0.15) is 0 Å². The predicted octanol–water partition coefficient (Wildman–Crippen LogP) is -0.00660. The second-order valence-electron chi connectivity index (χ2n) is 3.85. The molecule has 0 aromatic carbocycles. The van der Waals surface area contributed by atoms with Crippen LogP contribution in [0.4, 0.5) is 5.82 Å². The Morgan fingerprint density at radius 2 is 2.38 bits per heavy atom. The van der Waals surface area contributed by atoms with Crippen molar-refractivity contribution in [1.82, 2.24) is 9.97 Å². The van der Waals surface area contributed by atoms with Crippen molar-refractivity contribution in [2.45, 2.75) is 6.42 Å². The first-order valence-corrected chi connectivity index (χ1v) is 5.12. The molecule has 1 aromatic heterocycles. The van der Waals surface area contributed by atoms with Gasteiger partial charge in [-0.05, 0) is 6.42 Å². The van der Waals surface area contributed by atoms with Gasteiger partial charge in [-0.15, -0.1) is 0 Å². The van der Waals surface area contributed by atoms with Crippen LogP contribution in [0.15, 0.2) is 12.4 Å². The summed E-state index contributed by atoms with van der Waals surface area (Å²) < 4.78 is 0. The van der Waals surface area contributed by atoms with Crippen LogP contribution in [0.5, 0.6) is 0 Å². The molecule has 1 aromatic rings. The summed E-state index contributed by atoms with van der Waals surface area (Å²) in [5.74, 6) is -0.187. The maximum atomic E-state index is 10.7. The molecule has 2 rings (SSSR count). The average molecular weight is 223 g/mol. The summed E-state index contributed by atoms with van der Waals surface area (Å²) in [7, 11) is 0. The third kappa shape index (κ3) is 2.11. The molecular weight excluding hydrogens is 210 g/mol. The lowest BCUT2D eigenvalue weighted by molar-refractivity contribution is 0.0690. The zero-order valence-corrected chi connectivity index (χ0v) is 8.70. The molecule has 2 N–H and O–H groups in total. The van der Waals surface area contributed by atoms with Gasteiger partial charge in [0.25, 0.3) is 0 Å². The van der Waals surface area contributed by atoms with Gasteiger partial charge in [-0.3, -0.25) is 0 Å². The summed E-state index contributed by atoms with van der Waals surface area (Å²) in [6, 6.07) is 1.46. The smallest absolute Gasteiger partial charge is 0.354 e. The molecule has 86 valence electrons. The number of hydrogen-bond acceptors (Lipinski definition) is 5. The molecule has 0 amide bonds. The standard InChI is InChI=1S/C10H13N3O3/c14-5-7-1-2-13(4-7)9-3-8(10(15)16)11-6-12-9/h3,6-7,14H,1-2,4-5H2,(H,15,16). The highest BCUT2D eigenvalue weighted by molar-refractivity contribution is 5.86. The molecule has 6 heteroatoms. The maximum Gasteiger partial charge on any atom is 0.354 e. The molecular formula is C10H13N3O3. The largest absolute Gasteiger partial charge is 0.477 e. The van der Waals surface area contributed by atoms with E-state index >= 15 is 0 Å². The Kier molecular flexibility index (Phi) is 3.00. The molecule has 6 nitrogen and oxygen atoms in total. The molecule has 0 spiro atoms. The Hall–Kier alpha value is -1.69. The zero-order valence-electron chi connectivity index (χ0n) is 8.70. The monoisotopic (exact) mass is 223 g/mol. The molecule has 1 aliphatic rings. The lowest BCUT2D eigenvalue weighted by Gasteiger charge is -2.16. The number of carboxylic acids is 1. The SMILES string of the molecule is O=C(O)c1cc(N2CCC(CO)C2)ncn1. The van der Waals surface area contributed by atoms with Gasteiger partial charge in [0.05, 0.1) is 0 Å². The summed E-state index contributed by atoms with van der Waals surface area (Å²) >= 11 is 0. The van der Waals surface area contributed by atoms with Crippen LogP contribution in [-0.2, 0) is 0 Å². The van der Waals surface area contributed by atoms with Crippen LogP contribution in [0.3, 0.4) is 0 Å². The van der Waals surface area contributed by atoms with Gasteiger partial charge < -0.3 is 15.1 Å². The minimum atomic E-state index is -1.05. The number of carbonyl (C=O) groups is 1. The van der Waals surface area contributed by atoms with Crippen molar-refractivity contribution in [3.05, 3.63) is 18.1 Å². The Morgan fingerprint density at radius 1 is 1.56 bits per heavy atom. The van der Waals surface area contributed by atoms with Crippen LogP contribution in [0.2, 0.25) is 0 Å². The van der Waals surface area contributed by atoms with Crippen molar-refractivity contribution in [1.29, 1.82) is 0 Å². The van der Waals surface area contributed by atoms with E-state index in [9.17, 15) is 4.79 Å². The van der Waals surface area contributed by atoms with E-state index in [2.05, 4.69) is 9.97 Å². The molecule has 1 unspecified atom stereocenters. The number of nitrogens with zero attached hydrogens (tertiary/aromatic N) is 3. The Bertz CT molecular complexity index is 397. The van der Waals surface area contributed by atoms with Crippen molar-refractivity contribution in [3.8, 4) is 0 Å². The van der Waals surface area contributed by atoms with Gasteiger partial charge in [-0.1, -0.05) is 0 Å². The number of rotatable bonds is 3. The molecule has 2 heterocycles. The Balaban J connectivity index is 2.15. The number of anilines is 1. The van der Waals surface area contributed by atoms with Gasteiger partial charge in [-0.25, -0.2) is 14.8 Å². The fourth-order valence-electron chi connectivity index (χ4n) is 1.83. The Morgan fingerprint density at radius 3 is 3.00 bits per heavy atom. The first-order chi connectivity index (χ1) is 7.70. The molecule has 1 atom stereocenters. The Labute approximate surface area is 92.6 Å². The van der Waals surface area contributed by atoms with Gasteiger partial charge >= 0.3 is 5.97 Å². The molecule has 1 fully saturated rings. The second kappa shape index (κ2) is 4.44. The lowest BCUT2D eigenvalue weighted by Crippen LogP contribution is -2.22. The van der Waals surface area contributed by atoms with E-state index in [0.717, 1.165) is 13.0 Å². The summed E-state index contributed by atoms with van der Waals surface area (Å²) in [5, 5.41) is 17.8. The van der Waals surface area contributed by atoms with Crippen molar-refractivity contribution in [3.63, 3.8) is 0 Å². The average Bonchev–Trinajstić information content (AvgIpc) is 2.77. The molecule has 0 saturated carbocycles. The summed E-state index contributed by atoms with van der Waals surface area (Å²) in [6.45, 7) is 1.67. The normalized spacial score (nSPS) is 20.1.